The molecule has 0 aromatic rings. The summed E-state index contributed by atoms with van der Waals surface area (Å²) in [5.74, 6) is 4.71. The molecule has 4 unspecified atom stereocenters. The highest BCUT2D eigenvalue weighted by molar-refractivity contribution is 5.19. The van der Waals surface area contributed by atoms with Gasteiger partial charge in [-0.2, -0.15) is 0 Å². The first kappa shape index (κ1) is 24.6. The Morgan fingerprint density at radius 2 is 1.52 bits per heavy atom. The monoisotopic (exact) mass is 458 g/mol. The van der Waals surface area contributed by atoms with Crippen molar-refractivity contribution in [1.82, 2.24) is 0 Å². The van der Waals surface area contributed by atoms with Gasteiger partial charge in [0.1, 0.15) is 0 Å². The fraction of sp³-hybridized carbons (Fsp3) is 1.00. The van der Waals surface area contributed by atoms with Crippen LogP contribution in [0.2, 0.25) is 0 Å². The predicted molar refractivity (Wildman–Crippen MR) is 137 cm³/mol. The minimum absolute atomic E-state index is 0.224. The Labute approximate surface area is 205 Å². The van der Waals surface area contributed by atoms with E-state index in [1.807, 2.05) is 7.11 Å². The maximum atomic E-state index is 10.7. The van der Waals surface area contributed by atoms with Gasteiger partial charge in [0.2, 0.25) is 0 Å². The third kappa shape index (κ3) is 2.98. The van der Waals surface area contributed by atoms with Crippen LogP contribution < -0.4 is 0 Å². The second-order valence-corrected chi connectivity index (χ2v) is 15.2. The zero-order valence-electron chi connectivity index (χ0n) is 23.2. The van der Waals surface area contributed by atoms with E-state index in [9.17, 15) is 5.11 Å². The minimum atomic E-state index is 0.224. The molecule has 190 valence electrons. The summed E-state index contributed by atoms with van der Waals surface area (Å²) >= 11 is 0. The molecule has 1 N–H and O–H groups in total. The molecule has 2 nitrogen and oxygen atoms in total. The number of hydrogen-bond donors (Lipinski definition) is 1. The number of aliphatic hydroxyl groups excluding tert-OH is 1. The SMILES string of the molecule is CO[C@H]1CC[C@@]2(C)C(CC[C@]3(C)C2CCC2C4[C@H](C(C)C)CC[C@]4(CO)CC[C@]23C)C1(C)C. The van der Waals surface area contributed by atoms with E-state index in [-0.39, 0.29) is 10.8 Å². The van der Waals surface area contributed by atoms with Crippen molar-refractivity contribution in [3.05, 3.63) is 0 Å². The molecule has 5 aliphatic carbocycles. The quantitative estimate of drug-likeness (QED) is 0.469. The topological polar surface area (TPSA) is 29.5 Å². The molecular formula is C31H54O2. The molecular weight excluding hydrogens is 404 g/mol. The largest absolute Gasteiger partial charge is 0.396 e. The first-order chi connectivity index (χ1) is 15.4. The molecule has 0 aliphatic heterocycles. The van der Waals surface area contributed by atoms with Gasteiger partial charge in [-0.1, -0.05) is 48.5 Å². The van der Waals surface area contributed by atoms with Crippen molar-refractivity contribution in [2.24, 2.45) is 62.6 Å². The molecule has 10 atom stereocenters. The van der Waals surface area contributed by atoms with Crippen molar-refractivity contribution in [3.63, 3.8) is 0 Å². The molecule has 0 heterocycles. The van der Waals surface area contributed by atoms with E-state index in [0.29, 0.717) is 29.0 Å². The minimum Gasteiger partial charge on any atom is -0.396 e. The van der Waals surface area contributed by atoms with Gasteiger partial charge >= 0.3 is 0 Å². The van der Waals surface area contributed by atoms with E-state index < -0.39 is 0 Å². The van der Waals surface area contributed by atoms with Crippen LogP contribution in [0.3, 0.4) is 0 Å². The third-order valence-electron chi connectivity index (χ3n) is 14.1. The Hall–Kier alpha value is -0.0800. The summed E-state index contributed by atoms with van der Waals surface area (Å²) in [6.07, 6.45) is 13.8. The maximum absolute atomic E-state index is 10.7. The van der Waals surface area contributed by atoms with Gasteiger partial charge < -0.3 is 9.84 Å². The van der Waals surface area contributed by atoms with Gasteiger partial charge in [0.25, 0.3) is 0 Å². The zero-order chi connectivity index (χ0) is 24.0. The van der Waals surface area contributed by atoms with Gasteiger partial charge in [-0.05, 0) is 127 Å². The van der Waals surface area contributed by atoms with Crippen LogP contribution in [0.1, 0.15) is 113 Å². The van der Waals surface area contributed by atoms with Crippen LogP contribution in [0.4, 0.5) is 0 Å². The molecule has 0 spiro atoms. The summed E-state index contributed by atoms with van der Waals surface area (Å²) in [6, 6.07) is 0. The molecule has 5 rings (SSSR count). The second-order valence-electron chi connectivity index (χ2n) is 15.2. The molecule has 33 heavy (non-hydrogen) atoms. The van der Waals surface area contributed by atoms with Crippen molar-refractivity contribution in [1.29, 1.82) is 0 Å². The van der Waals surface area contributed by atoms with Gasteiger partial charge in [-0.3, -0.25) is 0 Å². The molecule has 0 saturated heterocycles. The fourth-order valence-electron chi connectivity index (χ4n) is 12.2. The summed E-state index contributed by atoms with van der Waals surface area (Å²) < 4.78 is 6.05. The highest BCUT2D eigenvalue weighted by Gasteiger charge is 2.70. The molecule has 2 heteroatoms. The Bertz CT molecular complexity index is 758. The van der Waals surface area contributed by atoms with E-state index >= 15 is 0 Å². The lowest BCUT2D eigenvalue weighted by molar-refractivity contribution is -0.252. The highest BCUT2D eigenvalue weighted by Crippen LogP contribution is 2.77. The number of aliphatic hydroxyl groups is 1. The second kappa shape index (κ2) is 7.71. The first-order valence-corrected chi connectivity index (χ1v) is 14.5. The third-order valence-corrected chi connectivity index (χ3v) is 14.1. The lowest BCUT2D eigenvalue weighted by Gasteiger charge is -2.73. The summed E-state index contributed by atoms with van der Waals surface area (Å²) in [7, 11) is 1.94. The van der Waals surface area contributed by atoms with Crippen LogP contribution in [0, 0.1) is 62.6 Å². The van der Waals surface area contributed by atoms with E-state index in [1.165, 1.54) is 64.2 Å². The highest BCUT2D eigenvalue weighted by atomic mass is 16.5. The van der Waals surface area contributed by atoms with Gasteiger partial charge in [-0.15, -0.1) is 0 Å². The first-order valence-electron chi connectivity index (χ1n) is 14.5. The lowest BCUT2D eigenvalue weighted by atomic mass is 9.32. The zero-order valence-corrected chi connectivity index (χ0v) is 23.2. The Morgan fingerprint density at radius 1 is 0.788 bits per heavy atom. The van der Waals surface area contributed by atoms with Crippen LogP contribution in [0.15, 0.2) is 0 Å². The molecule has 0 radical (unpaired) electrons. The van der Waals surface area contributed by atoms with Crippen LogP contribution in [-0.2, 0) is 4.74 Å². The molecule has 5 saturated carbocycles. The standard InChI is InChI=1S/C31H54O2/c1-20(2)21-11-16-31(19-32)18-17-29(6)22(26(21)31)9-10-24-28(5)14-13-25(33-8)27(3,4)23(28)12-15-30(24,29)7/h20-26,32H,9-19H2,1-8H3/t21-,22?,23?,24?,25-,26?,28-,29+,30+,31+/m0/s1. The van der Waals surface area contributed by atoms with Crippen molar-refractivity contribution in [2.45, 2.75) is 119 Å². The van der Waals surface area contributed by atoms with Crippen LogP contribution in [0.5, 0.6) is 0 Å². The van der Waals surface area contributed by atoms with Crippen molar-refractivity contribution >= 4 is 0 Å². The van der Waals surface area contributed by atoms with E-state index in [2.05, 4.69) is 48.5 Å². The van der Waals surface area contributed by atoms with Gasteiger partial charge in [-0.25, -0.2) is 0 Å². The van der Waals surface area contributed by atoms with Gasteiger partial charge in [0.15, 0.2) is 0 Å². The van der Waals surface area contributed by atoms with Gasteiger partial charge in [0.05, 0.1) is 6.10 Å². The lowest BCUT2D eigenvalue weighted by Crippen LogP contribution is -2.67. The normalized spacial score (nSPS) is 55.5. The van der Waals surface area contributed by atoms with Crippen molar-refractivity contribution in [2.75, 3.05) is 13.7 Å². The number of hydrogen-bond acceptors (Lipinski definition) is 2. The smallest absolute Gasteiger partial charge is 0.0625 e. The number of ether oxygens (including phenoxy) is 1. The molecule has 0 aromatic carbocycles. The average Bonchev–Trinajstić information content (AvgIpc) is 3.14. The summed E-state index contributed by atoms with van der Waals surface area (Å²) in [6.45, 7) is 18.6. The summed E-state index contributed by atoms with van der Waals surface area (Å²) in [5.41, 5.74) is 1.80. The maximum Gasteiger partial charge on any atom is 0.0625 e. The number of fused-ring (bicyclic) bond motifs is 7. The molecule has 0 aromatic heterocycles. The summed E-state index contributed by atoms with van der Waals surface area (Å²) in [4.78, 5) is 0. The summed E-state index contributed by atoms with van der Waals surface area (Å²) in [5, 5.41) is 10.7. The fourth-order valence-corrected chi connectivity index (χ4v) is 12.2. The Kier molecular flexibility index (Phi) is 5.75. The molecule has 5 fully saturated rings. The van der Waals surface area contributed by atoms with E-state index in [1.54, 1.807) is 0 Å². The van der Waals surface area contributed by atoms with Crippen molar-refractivity contribution < 1.29 is 9.84 Å². The number of rotatable bonds is 3. The van der Waals surface area contributed by atoms with Crippen molar-refractivity contribution in [3.8, 4) is 0 Å². The average molecular weight is 459 g/mol. The van der Waals surface area contributed by atoms with Crippen LogP contribution >= 0.6 is 0 Å². The van der Waals surface area contributed by atoms with E-state index in [4.69, 9.17) is 4.74 Å². The molecule has 0 bridgehead atoms. The van der Waals surface area contributed by atoms with Crippen LogP contribution in [0.25, 0.3) is 0 Å². The van der Waals surface area contributed by atoms with Gasteiger partial charge in [0, 0.05) is 13.7 Å². The van der Waals surface area contributed by atoms with Crippen LogP contribution in [-0.4, -0.2) is 24.9 Å². The Morgan fingerprint density at radius 3 is 2.15 bits per heavy atom. The molecule has 0 amide bonds. The van der Waals surface area contributed by atoms with E-state index in [0.717, 1.165) is 35.5 Å². The molecule has 5 aliphatic rings. The predicted octanol–water partition coefficient (Wildman–Crippen LogP) is 7.73. The Balaban J connectivity index is 1.53. The number of methoxy groups -OCH3 is 1.